The van der Waals surface area contributed by atoms with E-state index in [0.29, 0.717) is 5.92 Å². The molecule has 0 spiro atoms. The van der Waals surface area contributed by atoms with Gasteiger partial charge in [0.1, 0.15) is 22.7 Å². The van der Waals surface area contributed by atoms with Crippen LogP contribution < -0.4 is 42.9 Å². The van der Waals surface area contributed by atoms with Gasteiger partial charge in [-0.3, -0.25) is 0 Å². The molecule has 4 nitrogen and oxygen atoms in total. The van der Waals surface area contributed by atoms with Crippen LogP contribution in [0.1, 0.15) is 44.5 Å². The van der Waals surface area contributed by atoms with Gasteiger partial charge in [0.2, 0.25) is 5.52 Å². The van der Waals surface area contributed by atoms with Crippen molar-refractivity contribution in [1.29, 1.82) is 0 Å². The van der Waals surface area contributed by atoms with Gasteiger partial charge in [-0.1, -0.05) is 35.3 Å². The van der Waals surface area contributed by atoms with Crippen LogP contribution in [0.5, 0.6) is 11.5 Å². The van der Waals surface area contributed by atoms with E-state index in [2.05, 4.69) is 84.4 Å². The van der Waals surface area contributed by atoms with E-state index in [9.17, 15) is 0 Å². The highest BCUT2D eigenvalue weighted by Gasteiger charge is 2.29. The van der Waals surface area contributed by atoms with Gasteiger partial charge in [-0.25, -0.2) is 0 Å². The summed E-state index contributed by atoms with van der Waals surface area (Å²) in [5, 5.41) is 2.64. The summed E-state index contributed by atoms with van der Waals surface area (Å²) < 4.78 is 15.1. The number of halogens is 1. The number of anilines is 1. The molecule has 43 heavy (non-hydrogen) atoms. The molecule has 1 unspecified atom stereocenters. The van der Waals surface area contributed by atoms with E-state index in [1.165, 1.54) is 70.2 Å². The average Bonchev–Trinajstić information content (AvgIpc) is 3.54. The zero-order chi connectivity index (χ0) is 29.4. The number of hydrogen-bond acceptors (Lipinski definition) is 7. The summed E-state index contributed by atoms with van der Waals surface area (Å²) in [4.78, 5) is 6.14. The van der Waals surface area contributed by atoms with E-state index in [0.717, 1.165) is 37.4 Å². The predicted octanol–water partition coefficient (Wildman–Crippen LogP) is 6.59. The molecule has 6 rings (SSSR count). The first kappa shape index (κ1) is 32.9. The Morgan fingerprint density at radius 3 is 2.37 bits per heavy atom. The Kier molecular flexibility index (Phi) is 10.9. The Morgan fingerprint density at radius 2 is 1.67 bits per heavy atom. The highest BCUT2D eigenvalue weighted by atomic mass is 127. The number of nitrogens with zero attached hydrogens (tertiary/aromatic N) is 2. The molecule has 0 bridgehead atoms. The number of thioether (sulfide) groups is 3. The van der Waals surface area contributed by atoms with Crippen LogP contribution in [0.25, 0.3) is 16.3 Å². The number of benzene rings is 2. The minimum absolute atomic E-state index is 0. The second kappa shape index (κ2) is 14.3. The molecular formula is C34H39IN2O2S4. The normalized spacial score (nSPS) is 19.7. The standard InChI is InChI=1S/C34H39N2O2S4.HI/c1-7-35-25-17-27(37-3)31(39-5)19-29(25)41-33(35)15-21-9-11-23-12-10-22(14-24(23)13-21)16-34-36(8-2)26-18-28(38-4)32(40-6)20-30(26)42-34;/h13-20,23H,7-12H2,1-6H3;1H/q+1;/p-1. The van der Waals surface area contributed by atoms with Crippen molar-refractivity contribution >= 4 is 68.6 Å². The maximum Gasteiger partial charge on any atom is 0.263 e. The van der Waals surface area contributed by atoms with Gasteiger partial charge in [0, 0.05) is 23.6 Å². The Balaban J connectivity index is 0.00000368. The SMILES string of the molecule is CCN1/C(=C/C2=CC3=C/C(=C/c4sc5cc(SC)c(OC)cc5[n+]4CC)CCC3CC2)Sc2cc(SC)c(OC)cc21.[I-]. The van der Waals surface area contributed by atoms with E-state index in [1.807, 2.05) is 23.1 Å². The van der Waals surface area contributed by atoms with Crippen LogP contribution in [0.3, 0.4) is 0 Å². The van der Waals surface area contributed by atoms with Crippen molar-refractivity contribution < 1.29 is 38.0 Å². The molecule has 9 heteroatoms. The minimum Gasteiger partial charge on any atom is -1.00 e. The van der Waals surface area contributed by atoms with Crippen LogP contribution in [-0.2, 0) is 6.54 Å². The average molecular weight is 763 g/mol. The molecule has 2 aromatic carbocycles. The maximum absolute atomic E-state index is 5.70. The van der Waals surface area contributed by atoms with Crippen LogP contribution >= 0.6 is 46.6 Å². The summed E-state index contributed by atoms with van der Waals surface area (Å²) >= 11 is 7.26. The number of allylic oxidation sites excluding steroid dienone is 6. The molecule has 228 valence electrons. The second-order valence-corrected chi connectivity index (χ2v) is 14.5. The number of thiazole rings is 1. The minimum atomic E-state index is 0. The van der Waals surface area contributed by atoms with E-state index < -0.39 is 0 Å². The summed E-state index contributed by atoms with van der Waals surface area (Å²) in [5.74, 6) is 2.59. The Morgan fingerprint density at radius 1 is 0.953 bits per heavy atom. The van der Waals surface area contributed by atoms with Crippen molar-refractivity contribution in [3.63, 3.8) is 0 Å². The molecule has 2 heterocycles. The lowest BCUT2D eigenvalue weighted by Gasteiger charge is -2.28. The highest BCUT2D eigenvalue weighted by molar-refractivity contribution is 8.03. The van der Waals surface area contributed by atoms with Gasteiger partial charge in [0.05, 0.1) is 40.8 Å². The molecule has 0 saturated heterocycles. The van der Waals surface area contributed by atoms with Gasteiger partial charge in [0.25, 0.3) is 5.01 Å². The maximum atomic E-state index is 5.70. The summed E-state index contributed by atoms with van der Waals surface area (Å²) in [6.45, 7) is 6.35. The molecule has 0 amide bonds. The number of ether oxygens (including phenoxy) is 2. The molecule has 3 aromatic rings. The molecule has 0 N–H and O–H groups in total. The molecule has 3 aliphatic rings. The van der Waals surface area contributed by atoms with Crippen LogP contribution in [0.2, 0.25) is 0 Å². The van der Waals surface area contributed by atoms with Crippen molar-refractivity contribution in [2.24, 2.45) is 5.92 Å². The van der Waals surface area contributed by atoms with E-state index in [1.54, 1.807) is 37.7 Å². The van der Waals surface area contributed by atoms with Crippen molar-refractivity contribution in [1.82, 2.24) is 0 Å². The third-order valence-electron chi connectivity index (χ3n) is 8.46. The van der Waals surface area contributed by atoms with Gasteiger partial charge in [-0.2, -0.15) is 4.57 Å². The smallest absolute Gasteiger partial charge is 0.263 e. The molecule has 1 aliphatic heterocycles. The first-order valence-electron chi connectivity index (χ1n) is 14.6. The zero-order valence-electron chi connectivity index (χ0n) is 25.7. The van der Waals surface area contributed by atoms with Crippen molar-refractivity contribution in [2.45, 2.75) is 60.8 Å². The molecule has 2 aliphatic carbocycles. The Labute approximate surface area is 290 Å². The highest BCUT2D eigenvalue weighted by Crippen LogP contribution is 2.50. The topological polar surface area (TPSA) is 25.6 Å². The number of methoxy groups -OCH3 is 2. The molecular weight excluding hydrogens is 724 g/mol. The summed E-state index contributed by atoms with van der Waals surface area (Å²) in [7, 11) is 3.53. The molecule has 0 saturated carbocycles. The molecule has 0 fully saturated rings. The number of hydrogen-bond donors (Lipinski definition) is 0. The van der Waals surface area contributed by atoms with Crippen LogP contribution in [0, 0.1) is 5.92 Å². The van der Waals surface area contributed by atoms with Crippen LogP contribution in [-0.4, -0.2) is 33.3 Å². The number of aryl methyl sites for hydroxylation is 1. The van der Waals surface area contributed by atoms with Gasteiger partial charge < -0.3 is 38.4 Å². The van der Waals surface area contributed by atoms with Gasteiger partial charge in [-0.05, 0) is 92.9 Å². The van der Waals surface area contributed by atoms with Gasteiger partial charge >= 0.3 is 0 Å². The quantitative estimate of drug-likeness (QED) is 0.146. The summed E-state index contributed by atoms with van der Waals surface area (Å²) in [6.07, 6.45) is 18.8. The van der Waals surface area contributed by atoms with Crippen LogP contribution in [0.4, 0.5) is 5.69 Å². The third-order valence-corrected chi connectivity index (χ3v) is 12.2. The molecule has 1 atom stereocenters. The summed E-state index contributed by atoms with van der Waals surface area (Å²) in [6, 6.07) is 8.99. The Hall–Kier alpha value is -1.53. The van der Waals surface area contributed by atoms with Gasteiger partial charge in [0.15, 0.2) is 0 Å². The predicted molar refractivity (Wildman–Crippen MR) is 184 cm³/mol. The first-order chi connectivity index (χ1) is 20.5. The van der Waals surface area contributed by atoms with Crippen molar-refractivity contribution in [2.75, 3.05) is 38.2 Å². The molecule has 1 aromatic heterocycles. The second-order valence-electron chi connectivity index (χ2n) is 10.7. The number of aromatic nitrogens is 1. The first-order valence-corrected chi connectivity index (χ1v) is 18.7. The number of fused-ring (bicyclic) bond motifs is 3. The van der Waals surface area contributed by atoms with E-state index >= 15 is 0 Å². The third kappa shape index (κ3) is 6.44. The number of rotatable bonds is 8. The van der Waals surface area contributed by atoms with Crippen molar-refractivity contribution in [3.05, 3.63) is 69.2 Å². The molecule has 0 radical (unpaired) electrons. The summed E-state index contributed by atoms with van der Waals surface area (Å²) in [5.41, 5.74) is 6.89. The fraction of sp³-hybridized carbons (Fsp3) is 0.382. The Bertz CT molecular complexity index is 1660. The monoisotopic (exact) mass is 762 g/mol. The lowest BCUT2D eigenvalue weighted by molar-refractivity contribution is -0.665. The fourth-order valence-electron chi connectivity index (χ4n) is 6.28. The lowest BCUT2D eigenvalue weighted by Crippen LogP contribution is -3.00. The lowest BCUT2D eigenvalue weighted by atomic mass is 9.77. The largest absolute Gasteiger partial charge is 1.00 e. The van der Waals surface area contributed by atoms with E-state index in [4.69, 9.17) is 9.47 Å². The zero-order valence-corrected chi connectivity index (χ0v) is 31.1. The van der Waals surface area contributed by atoms with Crippen molar-refractivity contribution in [3.8, 4) is 11.5 Å². The van der Waals surface area contributed by atoms with E-state index in [-0.39, 0.29) is 24.0 Å². The van der Waals surface area contributed by atoms with Crippen LogP contribution in [0.15, 0.2) is 78.9 Å². The fourth-order valence-corrected chi connectivity index (χ4v) is 10.0. The van der Waals surface area contributed by atoms with Gasteiger partial charge in [-0.15, -0.1) is 23.5 Å².